The molecule has 9 nitrogen and oxygen atoms in total. The topological polar surface area (TPSA) is 146 Å². The zero-order chi connectivity index (χ0) is 27.2. The molecule has 1 fully saturated rings. The first-order chi connectivity index (χ1) is 18.0. The number of aromatic carboxylic acids is 1. The average molecular weight is 576 g/mol. The minimum atomic E-state index is -4.23. The number of furan rings is 1. The second kappa shape index (κ2) is 10.3. The van der Waals surface area contributed by atoms with Gasteiger partial charge in [0.15, 0.2) is 0 Å². The molecule has 1 heterocycles. The fraction of sp³-hybridized carbons (Fsp3) is 0.160. The maximum atomic E-state index is 12.7. The molecule has 0 saturated heterocycles. The van der Waals surface area contributed by atoms with E-state index in [-0.39, 0.29) is 32.6 Å². The van der Waals surface area contributed by atoms with E-state index in [1.54, 1.807) is 36.4 Å². The third kappa shape index (κ3) is 5.26. The Morgan fingerprint density at radius 1 is 1.08 bits per heavy atom. The molecule has 4 N–H and O–H groups in total. The highest BCUT2D eigenvalue weighted by atomic mass is 35.5. The lowest BCUT2D eigenvalue weighted by molar-refractivity contribution is 0.0699. The number of fused-ring (bicyclic) bond motifs is 1. The van der Waals surface area contributed by atoms with Crippen LogP contribution in [0.4, 0.5) is 5.69 Å². The fourth-order valence-corrected chi connectivity index (χ4v) is 5.50. The number of halogens is 2. The van der Waals surface area contributed by atoms with Gasteiger partial charge in [0.25, 0.3) is 10.1 Å². The lowest BCUT2D eigenvalue weighted by atomic mass is 9.80. The number of rotatable bonds is 9. The van der Waals surface area contributed by atoms with Crippen LogP contribution in [0.25, 0.3) is 22.3 Å². The van der Waals surface area contributed by atoms with Crippen molar-refractivity contribution in [1.82, 2.24) is 0 Å². The van der Waals surface area contributed by atoms with Crippen molar-refractivity contribution in [2.75, 3.05) is 12.0 Å². The number of carbonyl (C=O) groups is 1. The summed E-state index contributed by atoms with van der Waals surface area (Å²) >= 11 is 11.9. The summed E-state index contributed by atoms with van der Waals surface area (Å²) in [5.74, 6) is -0.760. The Balaban J connectivity index is 1.44. The van der Waals surface area contributed by atoms with E-state index in [2.05, 4.69) is 5.32 Å². The Kier molecular flexibility index (Phi) is 7.16. The summed E-state index contributed by atoms with van der Waals surface area (Å²) in [6, 6.07) is 13.4. The average Bonchev–Trinajstić information content (AvgIpc) is 3.63. The highest BCUT2D eigenvalue weighted by Crippen LogP contribution is 2.46. The van der Waals surface area contributed by atoms with Gasteiger partial charge in [0.1, 0.15) is 23.6 Å². The van der Waals surface area contributed by atoms with E-state index < -0.39 is 29.9 Å². The van der Waals surface area contributed by atoms with Crippen molar-refractivity contribution in [3.63, 3.8) is 0 Å². The van der Waals surface area contributed by atoms with Gasteiger partial charge in [-0.1, -0.05) is 29.3 Å². The maximum absolute atomic E-state index is 12.7. The zero-order valence-electron chi connectivity index (χ0n) is 19.5. The first-order valence-electron chi connectivity index (χ1n) is 11.4. The molecule has 196 valence electrons. The summed E-state index contributed by atoms with van der Waals surface area (Å²) in [6.45, 7) is -0.425. The van der Waals surface area contributed by atoms with E-state index >= 15 is 0 Å². The van der Waals surface area contributed by atoms with Gasteiger partial charge in [0.2, 0.25) is 0 Å². The smallest absolute Gasteiger partial charge is 0.478 e. The molecule has 5 rings (SSSR count). The minimum absolute atomic E-state index is 0.0305. The van der Waals surface area contributed by atoms with Crippen molar-refractivity contribution < 1.29 is 37.0 Å². The monoisotopic (exact) mass is 575 g/mol. The van der Waals surface area contributed by atoms with E-state index in [9.17, 15) is 28.4 Å². The summed E-state index contributed by atoms with van der Waals surface area (Å²) < 4.78 is 36.4. The van der Waals surface area contributed by atoms with Crippen LogP contribution in [-0.2, 0) is 14.3 Å². The summed E-state index contributed by atoms with van der Waals surface area (Å²) in [4.78, 5) is 11.9. The number of carboxylic acid groups (broad SMARTS) is 1. The molecule has 0 aliphatic heterocycles. The van der Waals surface area contributed by atoms with Crippen molar-refractivity contribution in [2.45, 2.75) is 23.7 Å². The third-order valence-electron chi connectivity index (χ3n) is 6.21. The number of anilines is 1. The van der Waals surface area contributed by atoms with E-state index in [0.717, 1.165) is 30.5 Å². The predicted octanol–water partition coefficient (Wildman–Crippen LogP) is 4.44. The molecule has 0 bridgehead atoms. The molecule has 13 heteroatoms. The summed E-state index contributed by atoms with van der Waals surface area (Å²) in [5.41, 5.74) is 2.24. The molecule has 0 radical (unpaired) electrons. The lowest BCUT2D eigenvalue weighted by Crippen LogP contribution is -2.31. The third-order valence-corrected chi connectivity index (χ3v) is 8.05. The number of nitrogens with one attached hydrogen (secondary N) is 1. The van der Waals surface area contributed by atoms with Crippen LogP contribution in [0.2, 0.25) is 10.0 Å². The van der Waals surface area contributed by atoms with Gasteiger partial charge in [-0.25, -0.2) is 8.98 Å². The standard InChI is InChI=1S/C25H20BCl2NO8S/c27-15-5-3-14(4-6-15)24-23(25(30)31)18-10-17(13-1-2-13)21(11-22(18)37-24)29-12-36-38(34,35)16-7-8-19(26(32)33)20(28)9-16/h3-11,13,29,32-33H,1-2,12H2,(H,30,31). The minimum Gasteiger partial charge on any atom is -0.478 e. The van der Waals surface area contributed by atoms with Crippen LogP contribution in [0.15, 0.2) is 63.9 Å². The molecule has 0 spiro atoms. The largest absolute Gasteiger partial charge is 0.489 e. The number of benzene rings is 3. The number of carboxylic acids is 1. The Morgan fingerprint density at radius 3 is 2.39 bits per heavy atom. The molecule has 0 atom stereocenters. The zero-order valence-corrected chi connectivity index (χ0v) is 21.8. The van der Waals surface area contributed by atoms with Gasteiger partial charge in [0, 0.05) is 38.2 Å². The highest BCUT2D eigenvalue weighted by molar-refractivity contribution is 7.86. The Labute approximate surface area is 227 Å². The van der Waals surface area contributed by atoms with Gasteiger partial charge in [-0.05, 0) is 66.8 Å². The SMILES string of the molecule is O=C(O)c1c(-c2ccc(Cl)cc2)oc2cc(NCOS(=O)(=O)c3ccc(B(O)O)c(Cl)c3)c(C3CC3)cc12. The van der Waals surface area contributed by atoms with Crippen LogP contribution >= 0.6 is 23.2 Å². The number of hydrogen-bond acceptors (Lipinski definition) is 8. The molecule has 1 aromatic heterocycles. The molecule has 4 aromatic rings. The van der Waals surface area contributed by atoms with Gasteiger partial charge in [-0.2, -0.15) is 8.42 Å². The van der Waals surface area contributed by atoms with Crippen molar-refractivity contribution in [3.05, 3.63) is 75.8 Å². The van der Waals surface area contributed by atoms with E-state index in [1.807, 2.05) is 0 Å². The first kappa shape index (κ1) is 26.5. The lowest BCUT2D eigenvalue weighted by Gasteiger charge is -2.13. The Morgan fingerprint density at radius 2 is 1.79 bits per heavy atom. The van der Waals surface area contributed by atoms with Crippen LogP contribution in [0.5, 0.6) is 0 Å². The van der Waals surface area contributed by atoms with Crippen LogP contribution in [0.3, 0.4) is 0 Å². The summed E-state index contributed by atoms with van der Waals surface area (Å²) in [7, 11) is -6.08. The van der Waals surface area contributed by atoms with Crippen LogP contribution in [0, 0.1) is 0 Å². The van der Waals surface area contributed by atoms with Gasteiger partial charge in [0.05, 0.1) is 4.90 Å². The molecule has 1 saturated carbocycles. The van der Waals surface area contributed by atoms with Crippen molar-refractivity contribution >= 4 is 68.5 Å². The first-order valence-corrected chi connectivity index (χ1v) is 13.6. The van der Waals surface area contributed by atoms with Gasteiger partial charge < -0.3 is 24.9 Å². The van der Waals surface area contributed by atoms with Crippen LogP contribution in [-0.4, -0.2) is 43.4 Å². The molecule has 0 unspecified atom stereocenters. The van der Waals surface area contributed by atoms with Crippen LogP contribution in [0.1, 0.15) is 34.7 Å². The second-order valence-electron chi connectivity index (χ2n) is 8.78. The van der Waals surface area contributed by atoms with Gasteiger partial charge in [-0.3, -0.25) is 0 Å². The van der Waals surface area contributed by atoms with Crippen molar-refractivity contribution in [3.8, 4) is 11.3 Å². The molecule has 1 aliphatic carbocycles. The van der Waals surface area contributed by atoms with Gasteiger partial charge in [-0.15, -0.1) is 0 Å². The van der Waals surface area contributed by atoms with E-state index in [4.69, 9.17) is 31.8 Å². The predicted molar refractivity (Wildman–Crippen MR) is 144 cm³/mol. The van der Waals surface area contributed by atoms with Gasteiger partial charge >= 0.3 is 13.1 Å². The molecule has 0 amide bonds. The Hall–Kier alpha value is -3.06. The quantitative estimate of drug-likeness (QED) is 0.129. The number of hydrogen-bond donors (Lipinski definition) is 4. The van der Waals surface area contributed by atoms with Crippen LogP contribution < -0.4 is 10.8 Å². The van der Waals surface area contributed by atoms with Crippen molar-refractivity contribution in [2.24, 2.45) is 0 Å². The highest BCUT2D eigenvalue weighted by Gasteiger charge is 2.30. The molecule has 1 aliphatic rings. The summed E-state index contributed by atoms with van der Waals surface area (Å²) in [6.07, 6.45) is 1.82. The van der Waals surface area contributed by atoms with E-state index in [1.165, 1.54) is 6.07 Å². The molecular formula is C25H20BCl2NO8S. The normalized spacial score (nSPS) is 13.6. The fourth-order valence-electron chi connectivity index (χ4n) is 4.19. The second-order valence-corrected chi connectivity index (χ2v) is 11.2. The summed E-state index contributed by atoms with van der Waals surface area (Å²) in [5, 5.41) is 32.3. The Bertz CT molecular complexity index is 1650. The molecule has 38 heavy (non-hydrogen) atoms. The van der Waals surface area contributed by atoms with E-state index in [0.29, 0.717) is 27.2 Å². The molecule has 3 aromatic carbocycles. The molecular weight excluding hydrogens is 556 g/mol. The maximum Gasteiger partial charge on any atom is 0.489 e. The van der Waals surface area contributed by atoms with Crippen molar-refractivity contribution in [1.29, 1.82) is 0 Å².